The molecule has 1 aromatic heterocycles. The molecule has 0 aliphatic heterocycles. The molecule has 4 aromatic rings. The molecule has 1 amide bonds. The highest BCUT2D eigenvalue weighted by Gasteiger charge is 2.15. The summed E-state index contributed by atoms with van der Waals surface area (Å²) >= 11 is 0. The average molecular weight is 370 g/mol. The Morgan fingerprint density at radius 1 is 1.00 bits per heavy atom. The van der Waals surface area contributed by atoms with Crippen LogP contribution >= 0.6 is 0 Å². The van der Waals surface area contributed by atoms with Gasteiger partial charge >= 0.3 is 0 Å². The summed E-state index contributed by atoms with van der Waals surface area (Å²) in [5, 5.41) is 8.56. The van der Waals surface area contributed by atoms with Crippen LogP contribution in [0.2, 0.25) is 0 Å². The fraction of sp³-hybridized carbons (Fsp3) is 0.174. The Hall–Kier alpha value is -3.47. The van der Waals surface area contributed by atoms with Gasteiger partial charge in [-0.1, -0.05) is 59.8 Å². The molecule has 0 atom stereocenters. The molecule has 0 saturated carbocycles. The SMILES string of the molecule is Cc1ccccc1Cn1nnc2cc(C(=O)N(C)Cc3ccccc3)ccc21. The van der Waals surface area contributed by atoms with Crippen LogP contribution in [0.1, 0.15) is 27.0 Å². The quantitative estimate of drug-likeness (QED) is 0.532. The van der Waals surface area contributed by atoms with Gasteiger partial charge in [-0.05, 0) is 41.8 Å². The first kappa shape index (κ1) is 17.9. The van der Waals surface area contributed by atoms with E-state index < -0.39 is 0 Å². The van der Waals surface area contributed by atoms with Gasteiger partial charge in [0, 0.05) is 19.2 Å². The van der Waals surface area contributed by atoms with Crippen LogP contribution in [0.4, 0.5) is 0 Å². The fourth-order valence-electron chi connectivity index (χ4n) is 3.32. The van der Waals surface area contributed by atoms with E-state index >= 15 is 0 Å². The van der Waals surface area contributed by atoms with Crippen molar-refractivity contribution in [2.75, 3.05) is 7.05 Å². The van der Waals surface area contributed by atoms with E-state index in [1.807, 2.05) is 72.4 Å². The zero-order chi connectivity index (χ0) is 19.5. The number of nitrogens with zero attached hydrogens (tertiary/aromatic N) is 4. The van der Waals surface area contributed by atoms with Gasteiger partial charge in [-0.2, -0.15) is 0 Å². The molecule has 0 aliphatic rings. The number of hydrogen-bond donors (Lipinski definition) is 0. The number of hydrogen-bond acceptors (Lipinski definition) is 3. The molecule has 4 rings (SSSR count). The van der Waals surface area contributed by atoms with Crippen molar-refractivity contribution in [3.63, 3.8) is 0 Å². The van der Waals surface area contributed by atoms with Gasteiger partial charge in [0.15, 0.2) is 0 Å². The molecule has 0 unspecified atom stereocenters. The molecular weight excluding hydrogens is 348 g/mol. The van der Waals surface area contributed by atoms with Gasteiger partial charge in [0.05, 0.1) is 12.1 Å². The van der Waals surface area contributed by atoms with E-state index in [0.717, 1.165) is 16.6 Å². The number of amides is 1. The fourth-order valence-corrected chi connectivity index (χ4v) is 3.32. The van der Waals surface area contributed by atoms with Crippen LogP contribution in [-0.4, -0.2) is 32.8 Å². The Labute approximate surface area is 164 Å². The van der Waals surface area contributed by atoms with Crippen molar-refractivity contribution in [1.82, 2.24) is 19.9 Å². The maximum Gasteiger partial charge on any atom is 0.253 e. The summed E-state index contributed by atoms with van der Waals surface area (Å²) in [5.74, 6) is -0.0285. The molecule has 0 N–H and O–H groups in total. The molecule has 1 heterocycles. The summed E-state index contributed by atoms with van der Waals surface area (Å²) in [6.07, 6.45) is 0. The predicted octanol–water partition coefficient (Wildman–Crippen LogP) is 4.06. The minimum atomic E-state index is -0.0285. The third kappa shape index (κ3) is 3.64. The third-order valence-corrected chi connectivity index (χ3v) is 4.95. The molecule has 3 aromatic carbocycles. The third-order valence-electron chi connectivity index (χ3n) is 4.95. The van der Waals surface area contributed by atoms with Crippen molar-refractivity contribution in [3.8, 4) is 0 Å². The number of aryl methyl sites for hydroxylation is 1. The Kier molecular flexibility index (Phi) is 4.89. The smallest absolute Gasteiger partial charge is 0.253 e. The second-order valence-corrected chi connectivity index (χ2v) is 7.02. The average Bonchev–Trinajstić information content (AvgIpc) is 3.12. The van der Waals surface area contributed by atoms with E-state index in [-0.39, 0.29) is 5.91 Å². The van der Waals surface area contributed by atoms with Gasteiger partial charge in [0.25, 0.3) is 5.91 Å². The molecular formula is C23H22N4O. The second kappa shape index (κ2) is 7.64. The van der Waals surface area contributed by atoms with Crippen LogP contribution in [-0.2, 0) is 13.1 Å². The van der Waals surface area contributed by atoms with Crippen molar-refractivity contribution < 1.29 is 4.79 Å². The van der Waals surface area contributed by atoms with Crippen molar-refractivity contribution in [1.29, 1.82) is 0 Å². The molecule has 5 nitrogen and oxygen atoms in total. The standard InChI is InChI=1S/C23H22N4O/c1-17-8-6-7-11-20(17)16-27-22-13-12-19(14-21(22)24-25-27)23(28)26(2)15-18-9-4-3-5-10-18/h3-14H,15-16H2,1-2H3. The number of aromatic nitrogens is 3. The molecule has 0 saturated heterocycles. The van der Waals surface area contributed by atoms with Crippen LogP contribution in [0.3, 0.4) is 0 Å². The zero-order valence-corrected chi connectivity index (χ0v) is 16.0. The number of carbonyl (C=O) groups is 1. The van der Waals surface area contributed by atoms with E-state index in [4.69, 9.17) is 0 Å². The molecule has 0 fully saturated rings. The van der Waals surface area contributed by atoms with Crippen LogP contribution in [0.15, 0.2) is 72.8 Å². The first-order chi connectivity index (χ1) is 13.6. The highest BCUT2D eigenvalue weighted by atomic mass is 16.2. The predicted molar refractivity (Wildman–Crippen MR) is 110 cm³/mol. The second-order valence-electron chi connectivity index (χ2n) is 7.02. The number of rotatable bonds is 5. The first-order valence-corrected chi connectivity index (χ1v) is 9.29. The first-order valence-electron chi connectivity index (χ1n) is 9.29. The summed E-state index contributed by atoms with van der Waals surface area (Å²) in [6.45, 7) is 3.32. The molecule has 0 bridgehead atoms. The van der Waals surface area contributed by atoms with Gasteiger partial charge in [-0.15, -0.1) is 5.10 Å². The van der Waals surface area contributed by atoms with E-state index in [1.165, 1.54) is 11.1 Å². The summed E-state index contributed by atoms with van der Waals surface area (Å²) in [5.41, 5.74) is 5.80. The Morgan fingerprint density at radius 3 is 2.54 bits per heavy atom. The Morgan fingerprint density at radius 2 is 1.75 bits per heavy atom. The van der Waals surface area contributed by atoms with Gasteiger partial charge in [-0.3, -0.25) is 4.79 Å². The van der Waals surface area contributed by atoms with Crippen LogP contribution in [0.25, 0.3) is 11.0 Å². The lowest BCUT2D eigenvalue weighted by atomic mass is 10.1. The minimum absolute atomic E-state index is 0.0285. The highest BCUT2D eigenvalue weighted by molar-refractivity contribution is 5.97. The van der Waals surface area contributed by atoms with E-state index in [9.17, 15) is 4.79 Å². The van der Waals surface area contributed by atoms with Crippen molar-refractivity contribution in [2.45, 2.75) is 20.0 Å². The molecule has 0 radical (unpaired) electrons. The summed E-state index contributed by atoms with van der Waals surface area (Å²) in [7, 11) is 1.81. The summed E-state index contributed by atoms with van der Waals surface area (Å²) < 4.78 is 1.87. The Balaban J connectivity index is 1.55. The van der Waals surface area contributed by atoms with Crippen molar-refractivity contribution in [3.05, 3.63) is 95.1 Å². The molecule has 28 heavy (non-hydrogen) atoms. The largest absolute Gasteiger partial charge is 0.337 e. The van der Waals surface area contributed by atoms with E-state index in [2.05, 4.69) is 29.4 Å². The van der Waals surface area contributed by atoms with Crippen LogP contribution in [0, 0.1) is 6.92 Å². The molecule has 5 heteroatoms. The van der Waals surface area contributed by atoms with Gasteiger partial charge < -0.3 is 4.90 Å². The van der Waals surface area contributed by atoms with Crippen LogP contribution in [0.5, 0.6) is 0 Å². The maximum absolute atomic E-state index is 12.8. The zero-order valence-electron chi connectivity index (χ0n) is 16.0. The minimum Gasteiger partial charge on any atom is -0.337 e. The number of carbonyl (C=O) groups excluding carboxylic acids is 1. The Bertz CT molecular complexity index is 1120. The van der Waals surface area contributed by atoms with Gasteiger partial charge in [0.1, 0.15) is 5.52 Å². The molecule has 140 valence electrons. The highest BCUT2D eigenvalue weighted by Crippen LogP contribution is 2.18. The molecule has 0 spiro atoms. The maximum atomic E-state index is 12.8. The van der Waals surface area contributed by atoms with Crippen LogP contribution < -0.4 is 0 Å². The van der Waals surface area contributed by atoms with Gasteiger partial charge in [-0.25, -0.2) is 4.68 Å². The van der Waals surface area contributed by atoms with Crippen molar-refractivity contribution >= 4 is 16.9 Å². The number of benzene rings is 3. The topological polar surface area (TPSA) is 51.0 Å². The lowest BCUT2D eigenvalue weighted by molar-refractivity contribution is 0.0785. The summed E-state index contributed by atoms with van der Waals surface area (Å²) in [6, 6.07) is 23.8. The van der Waals surface area contributed by atoms with Crippen molar-refractivity contribution in [2.24, 2.45) is 0 Å². The lowest BCUT2D eigenvalue weighted by Gasteiger charge is -2.17. The van der Waals surface area contributed by atoms with E-state index in [1.54, 1.807) is 4.90 Å². The molecule has 0 aliphatic carbocycles. The monoisotopic (exact) mass is 370 g/mol. The normalized spacial score (nSPS) is 10.9. The van der Waals surface area contributed by atoms with Gasteiger partial charge in [0.2, 0.25) is 0 Å². The number of fused-ring (bicyclic) bond motifs is 1. The summed E-state index contributed by atoms with van der Waals surface area (Å²) in [4.78, 5) is 14.5. The van der Waals surface area contributed by atoms with E-state index in [0.29, 0.717) is 18.7 Å². The lowest BCUT2D eigenvalue weighted by Crippen LogP contribution is -2.26.